The molecule has 1 saturated heterocycles. The highest BCUT2D eigenvalue weighted by Gasteiger charge is 2.27. The molecule has 0 spiro atoms. The molecule has 0 unspecified atom stereocenters. The van der Waals surface area contributed by atoms with Crippen molar-refractivity contribution in [1.29, 1.82) is 0 Å². The molecule has 2 aliphatic rings. The predicted octanol–water partition coefficient (Wildman–Crippen LogP) is 5.50. The van der Waals surface area contributed by atoms with Gasteiger partial charge in [0.05, 0.1) is 27.5 Å². The second-order valence-corrected chi connectivity index (χ2v) is 10.1. The Kier molecular flexibility index (Phi) is 6.15. The Labute approximate surface area is 219 Å². The molecule has 0 amide bonds. The minimum atomic E-state index is -0.961. The van der Waals surface area contributed by atoms with Gasteiger partial charge < -0.3 is 20.2 Å². The zero-order valence-corrected chi connectivity index (χ0v) is 21.2. The average Bonchev–Trinajstić information content (AvgIpc) is 2.94. The number of carboxylic acids is 1. The SMILES string of the molecule is CN1CCN(c2ccc(Nc3ncc4c(n3)-c3ccc(C(=O)O)cc3N(c3ccccc3)S4)cc2)CC1. The number of nitrogens with zero attached hydrogens (tertiary/aromatic N) is 5. The Morgan fingerprint density at radius 2 is 1.70 bits per heavy atom. The number of carboxylic acid groups (broad SMARTS) is 1. The lowest BCUT2D eigenvalue weighted by atomic mass is 10.0. The maximum atomic E-state index is 11.7. The van der Waals surface area contributed by atoms with Crippen molar-refractivity contribution in [1.82, 2.24) is 14.9 Å². The third kappa shape index (κ3) is 4.71. The summed E-state index contributed by atoms with van der Waals surface area (Å²) in [6.45, 7) is 4.19. The zero-order valence-electron chi connectivity index (χ0n) is 20.3. The van der Waals surface area contributed by atoms with Crippen molar-refractivity contribution in [2.45, 2.75) is 4.90 Å². The van der Waals surface area contributed by atoms with Gasteiger partial charge in [0.1, 0.15) is 0 Å². The number of benzene rings is 3. The van der Waals surface area contributed by atoms with Gasteiger partial charge in [0.15, 0.2) is 0 Å². The smallest absolute Gasteiger partial charge is 0.335 e. The molecule has 8 nitrogen and oxygen atoms in total. The number of piperazine rings is 1. The molecule has 1 fully saturated rings. The van der Waals surface area contributed by atoms with Crippen LogP contribution in [-0.2, 0) is 0 Å². The second kappa shape index (κ2) is 9.76. The van der Waals surface area contributed by atoms with E-state index in [0.717, 1.165) is 59.4 Å². The molecule has 0 aliphatic carbocycles. The predicted molar refractivity (Wildman–Crippen MR) is 148 cm³/mol. The van der Waals surface area contributed by atoms with E-state index in [0.29, 0.717) is 5.95 Å². The van der Waals surface area contributed by atoms with Crippen molar-refractivity contribution in [3.8, 4) is 11.3 Å². The van der Waals surface area contributed by atoms with Gasteiger partial charge in [0.2, 0.25) is 5.95 Å². The van der Waals surface area contributed by atoms with Gasteiger partial charge in [0.25, 0.3) is 0 Å². The van der Waals surface area contributed by atoms with Gasteiger partial charge in [-0.15, -0.1) is 0 Å². The fourth-order valence-electron chi connectivity index (χ4n) is 4.58. The largest absolute Gasteiger partial charge is 0.478 e. The first kappa shape index (κ1) is 23.3. The number of rotatable bonds is 5. The first-order chi connectivity index (χ1) is 18.0. The Morgan fingerprint density at radius 3 is 2.43 bits per heavy atom. The van der Waals surface area contributed by atoms with Crippen LogP contribution in [0.15, 0.2) is 83.9 Å². The molecule has 3 aromatic carbocycles. The number of hydrogen-bond donors (Lipinski definition) is 2. The fraction of sp³-hybridized carbons (Fsp3) is 0.179. The molecule has 2 aliphatic heterocycles. The molecule has 2 N–H and O–H groups in total. The number of fused-ring (bicyclic) bond motifs is 3. The molecule has 0 radical (unpaired) electrons. The third-order valence-electron chi connectivity index (χ3n) is 6.65. The third-order valence-corrected chi connectivity index (χ3v) is 7.73. The van der Waals surface area contributed by atoms with E-state index in [2.05, 4.69) is 51.4 Å². The number of anilines is 5. The van der Waals surface area contributed by atoms with Gasteiger partial charge in [-0.05, 0) is 73.6 Å². The summed E-state index contributed by atoms with van der Waals surface area (Å²) in [5.41, 5.74) is 5.72. The van der Waals surface area contributed by atoms with Crippen LogP contribution in [0.2, 0.25) is 0 Å². The van der Waals surface area contributed by atoms with Crippen LogP contribution < -0.4 is 14.5 Å². The summed E-state index contributed by atoms with van der Waals surface area (Å²) in [7, 11) is 2.16. The van der Waals surface area contributed by atoms with Gasteiger partial charge >= 0.3 is 5.97 Å². The van der Waals surface area contributed by atoms with E-state index in [-0.39, 0.29) is 5.56 Å². The standard InChI is InChI=1S/C28H26N6O2S/c1-32-13-15-33(16-14-32)21-10-8-20(9-11-21)30-28-29-18-25-26(31-28)23-12-7-19(27(35)36)17-24(23)34(37-25)22-5-3-2-4-6-22/h2-12,17-18H,13-16H2,1H3,(H,35,36)(H,29,30,31). The van der Waals surface area contributed by atoms with Crippen LogP contribution in [0.4, 0.5) is 28.7 Å². The number of hydrogen-bond acceptors (Lipinski definition) is 8. The van der Waals surface area contributed by atoms with Crippen LogP contribution in [0, 0.1) is 0 Å². The Bertz CT molecular complexity index is 1440. The minimum absolute atomic E-state index is 0.233. The quantitative estimate of drug-likeness (QED) is 0.338. The van der Waals surface area contributed by atoms with Crippen LogP contribution in [0.1, 0.15) is 10.4 Å². The fourth-order valence-corrected chi connectivity index (χ4v) is 5.59. The van der Waals surface area contributed by atoms with Crippen molar-refractivity contribution < 1.29 is 9.90 Å². The summed E-state index contributed by atoms with van der Waals surface area (Å²) < 4.78 is 2.03. The molecule has 1 aromatic heterocycles. The van der Waals surface area contributed by atoms with Crippen molar-refractivity contribution in [2.75, 3.05) is 47.7 Å². The van der Waals surface area contributed by atoms with Crippen LogP contribution >= 0.6 is 11.9 Å². The number of aromatic nitrogens is 2. The van der Waals surface area contributed by atoms with Crippen LogP contribution in [0.3, 0.4) is 0 Å². The van der Waals surface area contributed by atoms with E-state index in [1.165, 1.54) is 17.6 Å². The van der Waals surface area contributed by atoms with Gasteiger partial charge in [0, 0.05) is 49.3 Å². The number of likely N-dealkylation sites (N-methyl/N-ethyl adjacent to an activating group) is 1. The maximum Gasteiger partial charge on any atom is 0.335 e. The molecular formula is C28H26N6O2S. The monoisotopic (exact) mass is 510 g/mol. The summed E-state index contributed by atoms with van der Waals surface area (Å²) in [5.74, 6) is -0.468. The molecule has 0 atom stereocenters. The first-order valence-electron chi connectivity index (χ1n) is 12.1. The summed E-state index contributed by atoms with van der Waals surface area (Å²) in [4.78, 5) is 26.8. The van der Waals surface area contributed by atoms with Crippen molar-refractivity contribution in [3.05, 3.63) is 84.6 Å². The lowest BCUT2D eigenvalue weighted by molar-refractivity contribution is 0.0697. The van der Waals surface area contributed by atoms with Gasteiger partial charge in [-0.3, -0.25) is 4.31 Å². The van der Waals surface area contributed by atoms with E-state index in [4.69, 9.17) is 4.98 Å². The lowest BCUT2D eigenvalue weighted by Gasteiger charge is -2.34. The molecule has 9 heteroatoms. The Morgan fingerprint density at radius 1 is 0.946 bits per heavy atom. The highest BCUT2D eigenvalue weighted by molar-refractivity contribution is 8.01. The average molecular weight is 511 g/mol. The van der Waals surface area contributed by atoms with E-state index in [1.54, 1.807) is 12.1 Å². The summed E-state index contributed by atoms with van der Waals surface area (Å²) in [6, 6.07) is 23.4. The molecule has 37 heavy (non-hydrogen) atoms. The van der Waals surface area contributed by atoms with Gasteiger partial charge in [-0.2, -0.15) is 0 Å². The normalized spacial score (nSPS) is 15.2. The molecule has 186 valence electrons. The van der Waals surface area contributed by atoms with Crippen LogP contribution in [-0.4, -0.2) is 59.2 Å². The Balaban J connectivity index is 1.29. The van der Waals surface area contributed by atoms with Crippen molar-refractivity contribution in [2.24, 2.45) is 0 Å². The summed E-state index contributed by atoms with van der Waals surface area (Å²) >= 11 is 1.48. The number of para-hydroxylation sites is 1. The zero-order chi connectivity index (χ0) is 25.4. The minimum Gasteiger partial charge on any atom is -0.478 e. The topological polar surface area (TPSA) is 84.8 Å². The number of aromatic carboxylic acids is 1. The Hall–Kier alpha value is -4.08. The highest BCUT2D eigenvalue weighted by atomic mass is 32.2. The first-order valence-corrected chi connectivity index (χ1v) is 12.9. The van der Waals surface area contributed by atoms with Crippen molar-refractivity contribution in [3.63, 3.8) is 0 Å². The molecule has 4 aromatic rings. The molecule has 0 saturated carbocycles. The van der Waals surface area contributed by atoms with Gasteiger partial charge in [-0.1, -0.05) is 18.2 Å². The molecular weight excluding hydrogens is 484 g/mol. The number of carbonyl (C=O) groups is 1. The molecule has 3 heterocycles. The lowest BCUT2D eigenvalue weighted by Crippen LogP contribution is -2.44. The van der Waals surface area contributed by atoms with E-state index in [9.17, 15) is 9.90 Å². The summed E-state index contributed by atoms with van der Waals surface area (Å²) in [6.07, 6.45) is 1.82. The second-order valence-electron chi connectivity index (χ2n) is 9.13. The van der Waals surface area contributed by atoms with Gasteiger partial charge in [-0.25, -0.2) is 14.8 Å². The highest BCUT2D eigenvalue weighted by Crippen LogP contribution is 2.49. The van der Waals surface area contributed by atoms with Crippen LogP contribution in [0.5, 0.6) is 0 Å². The van der Waals surface area contributed by atoms with Crippen LogP contribution in [0.25, 0.3) is 11.3 Å². The van der Waals surface area contributed by atoms with E-state index in [1.807, 2.05) is 46.9 Å². The summed E-state index contributed by atoms with van der Waals surface area (Å²) in [5, 5.41) is 12.9. The molecule has 0 bridgehead atoms. The maximum absolute atomic E-state index is 11.7. The van der Waals surface area contributed by atoms with E-state index < -0.39 is 5.97 Å². The van der Waals surface area contributed by atoms with E-state index >= 15 is 0 Å². The van der Waals surface area contributed by atoms with Crippen molar-refractivity contribution >= 4 is 46.6 Å². The number of nitrogens with one attached hydrogen (secondary N) is 1. The molecule has 6 rings (SSSR count).